The monoisotopic (exact) mass is 479 g/mol. The molecule has 0 atom stereocenters. The molecular formula is C22H30F5N3O3. The molecule has 0 aromatic carbocycles. The van der Waals surface area contributed by atoms with Crippen molar-refractivity contribution < 1.29 is 31.5 Å². The smallest absolute Gasteiger partial charge is 0.380 e. The average Bonchev–Trinajstić information content (AvgIpc) is 2.77. The first-order valence-electron chi connectivity index (χ1n) is 10.1. The lowest BCUT2D eigenvalue weighted by molar-refractivity contribution is -0.141. The summed E-state index contributed by atoms with van der Waals surface area (Å²) in [5.41, 5.74) is 5.07. The fourth-order valence-electron chi connectivity index (χ4n) is 2.70. The van der Waals surface area contributed by atoms with Crippen LogP contribution in [0.3, 0.4) is 0 Å². The van der Waals surface area contributed by atoms with Gasteiger partial charge >= 0.3 is 6.18 Å². The Morgan fingerprint density at radius 2 is 1.79 bits per heavy atom. The van der Waals surface area contributed by atoms with Gasteiger partial charge in [-0.05, 0) is 38.0 Å². The van der Waals surface area contributed by atoms with Crippen LogP contribution in [0.4, 0.5) is 22.0 Å². The van der Waals surface area contributed by atoms with Crippen molar-refractivity contribution in [3.63, 3.8) is 0 Å². The Morgan fingerprint density at radius 1 is 1.15 bits per heavy atom. The molecule has 33 heavy (non-hydrogen) atoms. The van der Waals surface area contributed by atoms with Crippen molar-refractivity contribution in [2.75, 3.05) is 27.6 Å². The first kappa shape index (κ1) is 30.2. The van der Waals surface area contributed by atoms with Gasteiger partial charge in [-0.25, -0.2) is 4.98 Å². The normalized spacial score (nSPS) is 12.6. The zero-order chi connectivity index (χ0) is 25.4. The minimum Gasteiger partial charge on any atom is -0.380 e. The van der Waals surface area contributed by atoms with Crippen LogP contribution < -0.4 is 11.3 Å². The van der Waals surface area contributed by atoms with Crippen molar-refractivity contribution >= 4 is 5.91 Å². The zero-order valence-electron chi connectivity index (χ0n) is 18.9. The molecule has 2 aromatic heterocycles. The molecule has 1 saturated carbocycles. The number of amides is 1. The van der Waals surface area contributed by atoms with Crippen molar-refractivity contribution in [3.05, 3.63) is 63.8 Å². The molecule has 0 unspecified atom stereocenters. The van der Waals surface area contributed by atoms with E-state index in [9.17, 15) is 31.5 Å². The van der Waals surface area contributed by atoms with Crippen LogP contribution in [0.2, 0.25) is 0 Å². The van der Waals surface area contributed by atoms with Gasteiger partial charge in [0.1, 0.15) is 5.69 Å². The molecule has 11 heteroatoms. The van der Waals surface area contributed by atoms with Crippen LogP contribution in [0.5, 0.6) is 0 Å². The van der Waals surface area contributed by atoms with Gasteiger partial charge in [-0.15, -0.1) is 0 Å². The highest BCUT2D eigenvalue weighted by atomic mass is 19.4. The highest BCUT2D eigenvalue weighted by molar-refractivity contribution is 5.92. The molecule has 0 saturated heterocycles. The predicted octanol–water partition coefficient (Wildman–Crippen LogP) is 4.52. The molecule has 2 heterocycles. The Labute approximate surface area is 189 Å². The zero-order valence-corrected chi connectivity index (χ0v) is 18.9. The molecule has 1 amide bonds. The average molecular weight is 479 g/mol. The van der Waals surface area contributed by atoms with E-state index in [1.807, 2.05) is 6.92 Å². The van der Waals surface area contributed by atoms with E-state index >= 15 is 0 Å². The second-order valence-corrected chi connectivity index (χ2v) is 6.58. The molecular weight excluding hydrogens is 449 g/mol. The van der Waals surface area contributed by atoms with Crippen molar-refractivity contribution in [3.8, 4) is 0 Å². The summed E-state index contributed by atoms with van der Waals surface area (Å²) in [7, 11) is 1.00. The Morgan fingerprint density at radius 3 is 2.27 bits per heavy atom. The van der Waals surface area contributed by atoms with Gasteiger partial charge in [0.2, 0.25) is 5.91 Å². The molecule has 0 aliphatic heterocycles. The van der Waals surface area contributed by atoms with E-state index in [4.69, 9.17) is 10.5 Å². The van der Waals surface area contributed by atoms with Crippen LogP contribution in [-0.2, 0) is 17.5 Å². The van der Waals surface area contributed by atoms with Gasteiger partial charge < -0.3 is 15.0 Å². The summed E-state index contributed by atoms with van der Waals surface area (Å²) >= 11 is 0. The predicted molar refractivity (Wildman–Crippen MR) is 116 cm³/mol. The number of hydrogen-bond acceptors (Lipinski definition) is 4. The standard InChI is InChI=1S/C10H10F3N.C10H14N2O3.2CH3F/c11-10(12,13)9-6-2-5-8(14-9)7-3-1-4-7;1-2-15-6-5-12-7-8(10(11)14)3-4-9(12)13;2*1-2/h2,5-7H,1,3-4H2;3-4,7H,2,5-6H2,1H3,(H2,11,14);2*1H3. The maximum atomic E-state index is 12.3. The van der Waals surface area contributed by atoms with E-state index in [-0.39, 0.29) is 11.5 Å². The van der Waals surface area contributed by atoms with Gasteiger partial charge in [0.05, 0.1) is 26.5 Å². The van der Waals surface area contributed by atoms with Gasteiger partial charge in [-0.2, -0.15) is 13.2 Å². The molecule has 0 spiro atoms. The fraction of sp³-hybridized carbons (Fsp3) is 0.500. The van der Waals surface area contributed by atoms with Crippen LogP contribution in [-0.4, -0.2) is 43.0 Å². The van der Waals surface area contributed by atoms with E-state index in [1.54, 1.807) is 6.07 Å². The fourth-order valence-corrected chi connectivity index (χ4v) is 2.70. The number of hydrogen-bond donors (Lipinski definition) is 1. The van der Waals surface area contributed by atoms with Crippen LogP contribution in [0.25, 0.3) is 0 Å². The third-order valence-electron chi connectivity index (χ3n) is 4.53. The van der Waals surface area contributed by atoms with Crippen LogP contribution in [0, 0.1) is 0 Å². The number of alkyl halides is 5. The summed E-state index contributed by atoms with van der Waals surface area (Å²) in [6, 6.07) is 6.87. The molecule has 2 N–H and O–H groups in total. The van der Waals surface area contributed by atoms with E-state index in [0.29, 0.717) is 45.4 Å². The van der Waals surface area contributed by atoms with Gasteiger partial charge in [0, 0.05) is 37.0 Å². The van der Waals surface area contributed by atoms with Crippen LogP contribution in [0.1, 0.15) is 53.8 Å². The number of primary amides is 1. The number of carbonyl (C=O) groups is 1. The lowest BCUT2D eigenvalue weighted by Crippen LogP contribution is -2.24. The summed E-state index contributed by atoms with van der Waals surface area (Å²) in [6.07, 6.45) is 0.161. The van der Waals surface area contributed by atoms with E-state index in [1.165, 1.54) is 29.0 Å². The van der Waals surface area contributed by atoms with E-state index < -0.39 is 17.8 Å². The second kappa shape index (κ2) is 15.9. The first-order chi connectivity index (χ1) is 15.7. The summed E-state index contributed by atoms with van der Waals surface area (Å²) in [4.78, 5) is 25.9. The SMILES string of the molecule is CCOCCn1cc(C(N)=O)ccc1=O.CF.CF.FC(F)(F)c1cccc(C2CCC2)n1. The van der Waals surface area contributed by atoms with Crippen LogP contribution in [0.15, 0.2) is 41.3 Å². The number of pyridine rings is 2. The van der Waals surface area contributed by atoms with Gasteiger partial charge in [0.25, 0.3) is 5.56 Å². The van der Waals surface area contributed by atoms with Crippen molar-refractivity contribution in [1.29, 1.82) is 0 Å². The highest BCUT2D eigenvalue weighted by Gasteiger charge is 2.33. The third-order valence-corrected chi connectivity index (χ3v) is 4.53. The van der Waals surface area contributed by atoms with Gasteiger partial charge in [-0.1, -0.05) is 12.5 Å². The molecule has 0 radical (unpaired) electrons. The minimum absolute atomic E-state index is 0.167. The summed E-state index contributed by atoms with van der Waals surface area (Å²) < 4.78 is 62.4. The first-order valence-corrected chi connectivity index (χ1v) is 10.1. The lowest BCUT2D eigenvalue weighted by atomic mass is 9.82. The number of aromatic nitrogens is 2. The largest absolute Gasteiger partial charge is 0.433 e. The highest BCUT2D eigenvalue weighted by Crippen LogP contribution is 2.36. The summed E-state index contributed by atoms with van der Waals surface area (Å²) in [5, 5.41) is 0. The quantitative estimate of drug-likeness (QED) is 0.487. The summed E-state index contributed by atoms with van der Waals surface area (Å²) in [5.74, 6) is -0.294. The molecule has 6 nitrogen and oxygen atoms in total. The Bertz CT molecular complexity index is 884. The number of rotatable bonds is 6. The molecule has 1 aliphatic rings. The van der Waals surface area contributed by atoms with Gasteiger partial charge in [-0.3, -0.25) is 18.4 Å². The maximum Gasteiger partial charge on any atom is 0.433 e. The van der Waals surface area contributed by atoms with E-state index in [2.05, 4.69) is 4.98 Å². The Balaban J connectivity index is 0.000000540. The lowest BCUT2D eigenvalue weighted by Gasteiger charge is -2.25. The number of carbonyl (C=O) groups excluding carboxylic acids is 1. The molecule has 3 rings (SSSR count). The van der Waals surface area contributed by atoms with Gasteiger partial charge in [0.15, 0.2) is 0 Å². The van der Waals surface area contributed by atoms with Crippen LogP contribution >= 0.6 is 0 Å². The minimum atomic E-state index is -4.32. The van der Waals surface area contributed by atoms with E-state index in [0.717, 1.165) is 25.3 Å². The molecule has 1 aliphatic carbocycles. The second-order valence-electron chi connectivity index (χ2n) is 6.58. The number of halogens is 5. The molecule has 0 bridgehead atoms. The topological polar surface area (TPSA) is 87.2 Å². The molecule has 186 valence electrons. The molecule has 2 aromatic rings. The maximum absolute atomic E-state index is 12.3. The number of ether oxygens (including phenoxy) is 1. The molecule has 1 fully saturated rings. The van der Waals surface area contributed by atoms with Crippen molar-refractivity contribution in [1.82, 2.24) is 9.55 Å². The summed E-state index contributed by atoms with van der Waals surface area (Å²) in [6.45, 7) is 3.35. The Kier molecular flexibility index (Phi) is 14.5. The van der Waals surface area contributed by atoms with Crippen molar-refractivity contribution in [2.45, 2.75) is 44.8 Å². The Hall–Kier alpha value is -2.82. The number of nitrogens with zero attached hydrogens (tertiary/aromatic N) is 2. The van der Waals surface area contributed by atoms with Crippen molar-refractivity contribution in [2.24, 2.45) is 5.73 Å². The number of nitrogens with two attached hydrogens (primary N) is 1. The third kappa shape index (κ3) is 10.6.